The molecule has 0 saturated carbocycles. The number of hydrogen-bond acceptors (Lipinski definition) is 4. The molecule has 5 heteroatoms. The van der Waals surface area contributed by atoms with Crippen LogP contribution in [0.4, 0.5) is 0 Å². The van der Waals surface area contributed by atoms with Crippen molar-refractivity contribution in [3.05, 3.63) is 0 Å². The van der Waals surface area contributed by atoms with Gasteiger partial charge in [0, 0.05) is 45.2 Å². The molecule has 0 spiro atoms. The molecule has 0 aromatic rings. The Bertz CT molecular complexity index is 213. The number of morpholine rings is 1. The molecule has 0 radical (unpaired) electrons. The SMILES string of the molecule is O=C(CCNC1CNC1)N1CCOCC1. The molecule has 0 aliphatic carbocycles. The van der Waals surface area contributed by atoms with Crippen molar-refractivity contribution in [3.63, 3.8) is 0 Å². The summed E-state index contributed by atoms with van der Waals surface area (Å²) in [6.07, 6.45) is 0.608. The second-order valence-electron chi connectivity index (χ2n) is 4.05. The summed E-state index contributed by atoms with van der Waals surface area (Å²) in [6.45, 7) is 5.74. The smallest absolute Gasteiger partial charge is 0.224 e. The summed E-state index contributed by atoms with van der Waals surface area (Å²) in [5.74, 6) is 0.248. The Kier molecular flexibility index (Phi) is 3.94. The zero-order chi connectivity index (χ0) is 10.5. The standard InChI is InChI=1S/C10H19N3O2/c14-10(13-3-5-15-6-4-13)1-2-12-9-7-11-8-9/h9,11-12H,1-8H2. The molecule has 0 unspecified atom stereocenters. The number of carbonyl (C=O) groups is 1. The van der Waals surface area contributed by atoms with Gasteiger partial charge in [0.2, 0.25) is 5.91 Å². The fourth-order valence-corrected chi connectivity index (χ4v) is 1.79. The van der Waals surface area contributed by atoms with Gasteiger partial charge in [-0.2, -0.15) is 0 Å². The Morgan fingerprint density at radius 1 is 1.40 bits per heavy atom. The van der Waals surface area contributed by atoms with Crippen LogP contribution >= 0.6 is 0 Å². The summed E-state index contributed by atoms with van der Waals surface area (Å²) in [6, 6.07) is 0.572. The zero-order valence-corrected chi connectivity index (χ0v) is 9.00. The van der Waals surface area contributed by atoms with Crippen molar-refractivity contribution in [1.29, 1.82) is 0 Å². The van der Waals surface area contributed by atoms with Crippen LogP contribution in [-0.2, 0) is 9.53 Å². The molecule has 2 heterocycles. The van der Waals surface area contributed by atoms with Gasteiger partial charge < -0.3 is 20.3 Å². The van der Waals surface area contributed by atoms with Gasteiger partial charge in [-0.25, -0.2) is 0 Å². The lowest BCUT2D eigenvalue weighted by molar-refractivity contribution is -0.135. The molecule has 2 N–H and O–H groups in total. The Balaban J connectivity index is 1.58. The second-order valence-corrected chi connectivity index (χ2v) is 4.05. The van der Waals surface area contributed by atoms with Crippen molar-refractivity contribution in [1.82, 2.24) is 15.5 Å². The predicted molar refractivity (Wildman–Crippen MR) is 56.7 cm³/mol. The lowest BCUT2D eigenvalue weighted by Gasteiger charge is -2.29. The molecule has 2 aliphatic heterocycles. The molecule has 0 aromatic carbocycles. The van der Waals surface area contributed by atoms with Gasteiger partial charge in [0.1, 0.15) is 0 Å². The van der Waals surface area contributed by atoms with Crippen molar-refractivity contribution in [3.8, 4) is 0 Å². The summed E-state index contributed by atoms with van der Waals surface area (Å²) in [4.78, 5) is 13.6. The lowest BCUT2D eigenvalue weighted by Crippen LogP contribution is -2.55. The van der Waals surface area contributed by atoms with Crippen LogP contribution in [0.25, 0.3) is 0 Å². The van der Waals surface area contributed by atoms with Crippen LogP contribution in [-0.4, -0.2) is 62.8 Å². The second kappa shape index (κ2) is 5.44. The highest BCUT2D eigenvalue weighted by molar-refractivity contribution is 5.76. The highest BCUT2D eigenvalue weighted by atomic mass is 16.5. The van der Waals surface area contributed by atoms with Crippen molar-refractivity contribution < 1.29 is 9.53 Å². The van der Waals surface area contributed by atoms with Crippen molar-refractivity contribution >= 4 is 5.91 Å². The molecule has 0 aromatic heterocycles. The molecule has 0 bridgehead atoms. The quantitative estimate of drug-likeness (QED) is 0.616. The van der Waals surface area contributed by atoms with Crippen LogP contribution in [0.5, 0.6) is 0 Å². The van der Waals surface area contributed by atoms with E-state index in [4.69, 9.17) is 4.74 Å². The maximum atomic E-state index is 11.7. The van der Waals surface area contributed by atoms with Crippen molar-refractivity contribution in [2.75, 3.05) is 45.9 Å². The van der Waals surface area contributed by atoms with Gasteiger partial charge in [-0.15, -0.1) is 0 Å². The monoisotopic (exact) mass is 213 g/mol. The summed E-state index contributed by atoms with van der Waals surface area (Å²) < 4.78 is 5.20. The van der Waals surface area contributed by atoms with Gasteiger partial charge in [0.15, 0.2) is 0 Å². The Labute approximate surface area is 90.1 Å². The Morgan fingerprint density at radius 2 is 2.13 bits per heavy atom. The van der Waals surface area contributed by atoms with Gasteiger partial charge in [0.05, 0.1) is 13.2 Å². The maximum absolute atomic E-state index is 11.7. The molecule has 1 amide bonds. The molecular weight excluding hydrogens is 194 g/mol. The average molecular weight is 213 g/mol. The fraction of sp³-hybridized carbons (Fsp3) is 0.900. The Morgan fingerprint density at radius 3 is 2.73 bits per heavy atom. The largest absolute Gasteiger partial charge is 0.378 e. The number of ether oxygens (including phenoxy) is 1. The molecular formula is C10H19N3O2. The fourth-order valence-electron chi connectivity index (χ4n) is 1.79. The average Bonchev–Trinajstić information content (AvgIpc) is 2.23. The minimum Gasteiger partial charge on any atom is -0.378 e. The molecule has 2 fully saturated rings. The molecule has 2 saturated heterocycles. The third-order valence-corrected chi connectivity index (χ3v) is 2.92. The number of amides is 1. The van der Waals surface area contributed by atoms with Crippen LogP contribution in [0.15, 0.2) is 0 Å². The molecule has 86 valence electrons. The van der Waals surface area contributed by atoms with Gasteiger partial charge in [-0.05, 0) is 0 Å². The first kappa shape index (κ1) is 10.9. The number of carbonyl (C=O) groups excluding carboxylic acids is 1. The van der Waals surface area contributed by atoms with Gasteiger partial charge in [0.25, 0.3) is 0 Å². The minimum atomic E-state index is 0.248. The number of hydrogen-bond donors (Lipinski definition) is 2. The van der Waals surface area contributed by atoms with E-state index in [1.54, 1.807) is 0 Å². The topological polar surface area (TPSA) is 53.6 Å². The number of nitrogens with one attached hydrogen (secondary N) is 2. The van der Waals surface area contributed by atoms with Crippen LogP contribution in [0.1, 0.15) is 6.42 Å². The number of nitrogens with zero attached hydrogens (tertiary/aromatic N) is 1. The summed E-state index contributed by atoms with van der Waals surface area (Å²) >= 11 is 0. The molecule has 2 rings (SSSR count). The summed E-state index contributed by atoms with van der Waals surface area (Å²) in [5, 5.41) is 6.54. The molecule has 5 nitrogen and oxygen atoms in total. The Hall–Kier alpha value is -0.650. The first-order valence-corrected chi connectivity index (χ1v) is 5.66. The first-order valence-electron chi connectivity index (χ1n) is 5.66. The zero-order valence-electron chi connectivity index (χ0n) is 9.00. The predicted octanol–water partition coefficient (Wildman–Crippen LogP) is -1.20. The van der Waals surface area contributed by atoms with E-state index < -0.39 is 0 Å². The third-order valence-electron chi connectivity index (χ3n) is 2.92. The van der Waals surface area contributed by atoms with E-state index >= 15 is 0 Å². The van der Waals surface area contributed by atoms with E-state index in [1.807, 2.05) is 4.90 Å². The van der Waals surface area contributed by atoms with E-state index in [0.717, 1.165) is 32.7 Å². The third kappa shape index (κ3) is 3.15. The maximum Gasteiger partial charge on any atom is 0.224 e. The number of rotatable bonds is 4. The van der Waals surface area contributed by atoms with E-state index in [-0.39, 0.29) is 5.91 Å². The van der Waals surface area contributed by atoms with Crippen LogP contribution in [0, 0.1) is 0 Å². The van der Waals surface area contributed by atoms with E-state index in [2.05, 4.69) is 10.6 Å². The van der Waals surface area contributed by atoms with E-state index in [1.165, 1.54) is 0 Å². The molecule has 15 heavy (non-hydrogen) atoms. The minimum absolute atomic E-state index is 0.248. The van der Waals surface area contributed by atoms with Gasteiger partial charge in [-0.1, -0.05) is 0 Å². The normalized spacial score (nSPS) is 22.5. The highest BCUT2D eigenvalue weighted by Gasteiger charge is 2.18. The van der Waals surface area contributed by atoms with E-state index in [0.29, 0.717) is 25.7 Å². The highest BCUT2D eigenvalue weighted by Crippen LogP contribution is 2.00. The lowest BCUT2D eigenvalue weighted by atomic mass is 10.2. The van der Waals surface area contributed by atoms with Gasteiger partial charge >= 0.3 is 0 Å². The van der Waals surface area contributed by atoms with Crippen LogP contribution < -0.4 is 10.6 Å². The molecule has 2 aliphatic rings. The van der Waals surface area contributed by atoms with E-state index in [9.17, 15) is 4.79 Å². The summed E-state index contributed by atoms with van der Waals surface area (Å²) in [5.41, 5.74) is 0. The van der Waals surface area contributed by atoms with Crippen molar-refractivity contribution in [2.24, 2.45) is 0 Å². The van der Waals surface area contributed by atoms with Crippen LogP contribution in [0.2, 0.25) is 0 Å². The van der Waals surface area contributed by atoms with Crippen LogP contribution in [0.3, 0.4) is 0 Å². The summed E-state index contributed by atoms with van der Waals surface area (Å²) in [7, 11) is 0. The first-order chi connectivity index (χ1) is 7.36. The van der Waals surface area contributed by atoms with Crippen molar-refractivity contribution in [2.45, 2.75) is 12.5 Å². The molecule has 0 atom stereocenters. The van der Waals surface area contributed by atoms with Gasteiger partial charge in [-0.3, -0.25) is 4.79 Å².